The van der Waals surface area contributed by atoms with E-state index in [-0.39, 0.29) is 32.4 Å². The summed E-state index contributed by atoms with van der Waals surface area (Å²) in [6.45, 7) is -0.457. The number of carbonyl (C=O) groups excluding carboxylic acids is 2. The summed E-state index contributed by atoms with van der Waals surface area (Å²) in [6, 6.07) is 0.739. The highest BCUT2D eigenvalue weighted by Gasteiger charge is 2.32. The summed E-state index contributed by atoms with van der Waals surface area (Å²) in [4.78, 5) is 33.7. The van der Waals surface area contributed by atoms with E-state index in [1.165, 1.54) is 25.5 Å². The van der Waals surface area contributed by atoms with E-state index in [0.29, 0.717) is 16.9 Å². The van der Waals surface area contributed by atoms with Gasteiger partial charge in [-0.1, -0.05) is 29.3 Å². The Hall–Kier alpha value is -3.35. The lowest BCUT2D eigenvalue weighted by atomic mass is 9.96. The molecule has 0 radical (unpaired) electrons. The van der Waals surface area contributed by atoms with E-state index in [1.54, 1.807) is 0 Å². The Labute approximate surface area is 216 Å². The van der Waals surface area contributed by atoms with Crippen LogP contribution in [-0.4, -0.2) is 65.1 Å². The fourth-order valence-electron chi connectivity index (χ4n) is 3.81. The highest BCUT2D eigenvalue weighted by atomic mass is 32.2. The molecular formula is C19H23N9O6S3. The van der Waals surface area contributed by atoms with Gasteiger partial charge in [0.15, 0.2) is 15.1 Å². The van der Waals surface area contributed by atoms with Crippen LogP contribution in [-0.2, 0) is 33.5 Å². The first-order chi connectivity index (χ1) is 17.5. The Kier molecular flexibility index (Phi) is 7.62. The van der Waals surface area contributed by atoms with Crippen molar-refractivity contribution in [3.8, 4) is 0 Å². The van der Waals surface area contributed by atoms with Crippen molar-refractivity contribution in [1.29, 1.82) is 0 Å². The number of tetrazole rings is 1. The number of pyridine rings is 1. The summed E-state index contributed by atoms with van der Waals surface area (Å²) in [5.74, 6) is -0.193. The Morgan fingerprint density at radius 1 is 1.16 bits per heavy atom. The highest BCUT2D eigenvalue weighted by molar-refractivity contribution is 7.93. The van der Waals surface area contributed by atoms with Gasteiger partial charge in [0.2, 0.25) is 10.0 Å². The Bertz CT molecular complexity index is 1540. The van der Waals surface area contributed by atoms with Crippen molar-refractivity contribution in [1.82, 2.24) is 34.9 Å². The number of thiazole rings is 1. The van der Waals surface area contributed by atoms with E-state index in [1.807, 2.05) is 0 Å². The zero-order valence-electron chi connectivity index (χ0n) is 19.7. The number of Topliss-reactive ketones (excluding diaryl/α,β-unsaturated/α-hetero) is 1. The summed E-state index contributed by atoms with van der Waals surface area (Å²) in [6.07, 6.45) is 7.24. The molecule has 0 unspecified atom stereocenters. The molecule has 3 aromatic heterocycles. The number of aromatic nitrogens is 6. The second-order valence-corrected chi connectivity index (χ2v) is 13.2. The van der Waals surface area contributed by atoms with Gasteiger partial charge >= 0.3 is 6.03 Å². The molecule has 1 aliphatic carbocycles. The number of urea groups is 1. The summed E-state index contributed by atoms with van der Waals surface area (Å²) in [5, 5.41) is 14.7. The van der Waals surface area contributed by atoms with Crippen LogP contribution in [0.5, 0.6) is 0 Å². The number of aryl methyl sites for hydroxylation is 1. The molecule has 3 N–H and O–H groups in total. The molecule has 198 valence electrons. The number of anilines is 2. The molecule has 1 fully saturated rings. The fourth-order valence-corrected chi connectivity index (χ4v) is 6.94. The van der Waals surface area contributed by atoms with Crippen LogP contribution in [0.1, 0.15) is 41.7 Å². The molecule has 0 saturated heterocycles. The maximum Gasteiger partial charge on any atom is 0.325 e. The molecule has 15 nitrogen and oxygen atoms in total. The number of ketones is 1. The number of sulfonamides is 1. The number of nitrogens with zero attached hydrogens (tertiary/aromatic N) is 6. The van der Waals surface area contributed by atoms with Crippen LogP contribution < -0.4 is 15.4 Å². The molecule has 0 aromatic carbocycles. The first kappa shape index (κ1) is 26.7. The van der Waals surface area contributed by atoms with Crippen LogP contribution in [0.4, 0.5) is 15.6 Å². The van der Waals surface area contributed by atoms with Gasteiger partial charge in [0.1, 0.15) is 0 Å². The lowest BCUT2D eigenvalue weighted by molar-refractivity contribution is 0.0923. The van der Waals surface area contributed by atoms with E-state index in [4.69, 9.17) is 0 Å². The van der Waals surface area contributed by atoms with Gasteiger partial charge in [0.05, 0.1) is 30.4 Å². The van der Waals surface area contributed by atoms with Gasteiger partial charge in [-0.2, -0.15) is 0 Å². The summed E-state index contributed by atoms with van der Waals surface area (Å²) in [5.41, 5.74) is 0.366. The van der Waals surface area contributed by atoms with Crippen LogP contribution in [0, 0.1) is 5.92 Å². The molecule has 18 heteroatoms. The first-order valence-corrected chi connectivity index (χ1v) is 15.1. The maximum absolute atomic E-state index is 13.2. The molecule has 3 heterocycles. The van der Waals surface area contributed by atoms with Crippen LogP contribution in [0.15, 0.2) is 27.8 Å². The van der Waals surface area contributed by atoms with E-state index in [0.717, 1.165) is 36.6 Å². The third-order valence-electron chi connectivity index (χ3n) is 5.51. The minimum Gasteiger partial charge on any atom is -0.305 e. The zero-order chi connectivity index (χ0) is 26.8. The monoisotopic (exact) mass is 569 g/mol. The van der Waals surface area contributed by atoms with Crippen LogP contribution in [0.2, 0.25) is 0 Å². The number of amides is 2. The van der Waals surface area contributed by atoms with Gasteiger partial charge in [0.25, 0.3) is 15.0 Å². The number of carbonyl (C=O) groups is 2. The van der Waals surface area contributed by atoms with Crippen molar-refractivity contribution in [3.05, 3.63) is 29.7 Å². The van der Waals surface area contributed by atoms with Gasteiger partial charge in [-0.05, 0) is 29.3 Å². The van der Waals surface area contributed by atoms with Gasteiger partial charge < -0.3 is 5.32 Å². The van der Waals surface area contributed by atoms with Crippen molar-refractivity contribution in [3.63, 3.8) is 0 Å². The van der Waals surface area contributed by atoms with Crippen molar-refractivity contribution >= 4 is 53.8 Å². The average molecular weight is 570 g/mol. The lowest BCUT2D eigenvalue weighted by Gasteiger charge is -2.13. The zero-order valence-corrected chi connectivity index (χ0v) is 22.2. The third-order valence-corrected chi connectivity index (χ3v) is 9.45. The molecule has 3 aromatic rings. The number of hydrogen-bond donors (Lipinski definition) is 3. The molecular weight excluding hydrogens is 546 g/mol. The van der Waals surface area contributed by atoms with Gasteiger partial charge in [-0.25, -0.2) is 36.0 Å². The second kappa shape index (κ2) is 10.6. The summed E-state index contributed by atoms with van der Waals surface area (Å²) >= 11 is 0.596. The average Bonchev–Trinajstić information content (AvgIpc) is 3.58. The minimum absolute atomic E-state index is 0.0794. The Morgan fingerprint density at radius 3 is 2.54 bits per heavy atom. The number of hydrogen-bond acceptors (Lipinski definition) is 12. The number of sulfone groups is 1. The molecule has 4 rings (SSSR count). The molecule has 0 atom stereocenters. The largest absolute Gasteiger partial charge is 0.325 e. The number of rotatable bonds is 9. The van der Waals surface area contributed by atoms with Crippen molar-refractivity contribution < 1.29 is 26.4 Å². The predicted octanol–water partition coefficient (Wildman–Crippen LogP) is 0.960. The van der Waals surface area contributed by atoms with E-state index in [2.05, 4.69) is 40.8 Å². The number of nitrogens with one attached hydrogen (secondary N) is 3. The Balaban J connectivity index is 1.59. The molecule has 2 amide bonds. The standard InChI is InChI=1S/C19H23N9O6S3/c1-28-19(25-26-27-28)37(33,34)16-14(10-21-36(2,31)32)23-18(35-16)24-17(30)22-13-9-20-8-7-12(13)15(29)11-5-3-4-6-11/h7-9,11,21H,3-6,10H2,1-2H3,(H2,22,23,24,30). The molecule has 0 bridgehead atoms. The topological polar surface area (TPSA) is 208 Å². The second-order valence-electron chi connectivity index (χ2n) is 8.28. The molecule has 0 aliphatic heterocycles. The minimum atomic E-state index is -4.30. The maximum atomic E-state index is 13.2. The van der Waals surface area contributed by atoms with E-state index >= 15 is 0 Å². The van der Waals surface area contributed by atoms with Gasteiger partial charge in [0, 0.05) is 24.7 Å². The molecule has 1 saturated carbocycles. The van der Waals surface area contributed by atoms with Crippen LogP contribution in [0.3, 0.4) is 0 Å². The third kappa shape index (κ3) is 6.14. The van der Waals surface area contributed by atoms with Gasteiger partial charge in [-0.3, -0.25) is 15.1 Å². The van der Waals surface area contributed by atoms with Crippen molar-refractivity contribution in [2.75, 3.05) is 16.9 Å². The predicted molar refractivity (Wildman–Crippen MR) is 131 cm³/mol. The van der Waals surface area contributed by atoms with Crippen LogP contribution >= 0.6 is 11.3 Å². The quantitative estimate of drug-likeness (QED) is 0.309. The molecule has 1 aliphatic rings. The first-order valence-electron chi connectivity index (χ1n) is 10.9. The summed E-state index contributed by atoms with van der Waals surface area (Å²) in [7, 11) is -6.66. The highest BCUT2D eigenvalue weighted by Crippen LogP contribution is 2.32. The fraction of sp³-hybridized carbons (Fsp3) is 0.421. The SMILES string of the molecule is Cn1nnnc1S(=O)(=O)c1sc(NC(=O)Nc2cnccc2C(=O)C2CCCC2)nc1CNS(C)(=O)=O. The van der Waals surface area contributed by atoms with Crippen LogP contribution in [0.25, 0.3) is 0 Å². The molecule has 37 heavy (non-hydrogen) atoms. The lowest BCUT2D eigenvalue weighted by Crippen LogP contribution is -2.23. The summed E-state index contributed by atoms with van der Waals surface area (Å²) < 4.78 is 52.2. The smallest absolute Gasteiger partial charge is 0.305 e. The van der Waals surface area contributed by atoms with Crippen molar-refractivity contribution in [2.45, 2.75) is 41.6 Å². The van der Waals surface area contributed by atoms with E-state index in [9.17, 15) is 26.4 Å². The van der Waals surface area contributed by atoms with E-state index < -0.39 is 37.6 Å². The van der Waals surface area contributed by atoms with Crippen molar-refractivity contribution in [2.24, 2.45) is 13.0 Å². The molecule has 0 spiro atoms. The normalized spacial score (nSPS) is 14.5. The van der Waals surface area contributed by atoms with Gasteiger partial charge in [-0.15, -0.1) is 0 Å². The Morgan fingerprint density at radius 2 is 1.89 bits per heavy atom.